The highest BCUT2D eigenvalue weighted by molar-refractivity contribution is 9.08. The van der Waals surface area contributed by atoms with Crippen LogP contribution in [0.15, 0.2) is 36.4 Å². The monoisotopic (exact) mass is 290 g/mol. The number of nitrogens with zero attached hydrogens (tertiary/aromatic N) is 2. The molecule has 0 aliphatic rings. The van der Waals surface area contributed by atoms with Crippen LogP contribution in [-0.4, -0.2) is 4.98 Å². The maximum absolute atomic E-state index is 13.6. The van der Waals surface area contributed by atoms with Gasteiger partial charge in [0.15, 0.2) is 0 Å². The van der Waals surface area contributed by atoms with E-state index in [2.05, 4.69) is 27.0 Å². The molecule has 0 spiro atoms. The van der Waals surface area contributed by atoms with Gasteiger partial charge in [0.1, 0.15) is 11.9 Å². The zero-order valence-corrected chi connectivity index (χ0v) is 10.4. The van der Waals surface area contributed by atoms with Gasteiger partial charge in [0.2, 0.25) is 0 Å². The molecule has 17 heavy (non-hydrogen) atoms. The molecular weight excluding hydrogens is 283 g/mol. The largest absolute Gasteiger partial charge is 0.250 e. The molecule has 2 aromatic rings. The van der Waals surface area contributed by atoms with Gasteiger partial charge >= 0.3 is 0 Å². The van der Waals surface area contributed by atoms with E-state index in [9.17, 15) is 4.39 Å². The van der Waals surface area contributed by atoms with Crippen LogP contribution in [0, 0.1) is 17.1 Å². The molecule has 0 saturated carbocycles. The van der Waals surface area contributed by atoms with Crippen LogP contribution in [0.2, 0.25) is 0 Å². The van der Waals surface area contributed by atoms with Crippen molar-refractivity contribution < 1.29 is 4.39 Å². The lowest BCUT2D eigenvalue weighted by molar-refractivity contribution is 0.630. The van der Waals surface area contributed by atoms with E-state index in [4.69, 9.17) is 5.26 Å². The van der Waals surface area contributed by atoms with E-state index in [0.717, 1.165) is 0 Å². The van der Waals surface area contributed by atoms with Gasteiger partial charge in [0, 0.05) is 10.9 Å². The molecule has 2 nitrogen and oxygen atoms in total. The van der Waals surface area contributed by atoms with Gasteiger partial charge in [-0.15, -0.1) is 0 Å². The third-order valence-corrected chi connectivity index (χ3v) is 2.90. The minimum Gasteiger partial charge on any atom is -0.250 e. The quantitative estimate of drug-likeness (QED) is 0.792. The predicted molar refractivity (Wildman–Crippen MR) is 67.0 cm³/mol. The Kier molecular flexibility index (Phi) is 3.50. The van der Waals surface area contributed by atoms with E-state index in [1.807, 2.05) is 0 Å². The molecule has 0 atom stereocenters. The maximum atomic E-state index is 13.6. The SMILES string of the molecule is N#Cc1ccc(-c2ccccc2F)nc1CBr. The Labute approximate surface area is 107 Å². The first-order chi connectivity index (χ1) is 8.26. The van der Waals surface area contributed by atoms with Crippen LogP contribution in [0.1, 0.15) is 11.3 Å². The molecule has 1 heterocycles. The Morgan fingerprint density at radius 2 is 2.00 bits per heavy atom. The highest BCUT2D eigenvalue weighted by atomic mass is 79.9. The third kappa shape index (κ3) is 2.34. The first-order valence-electron chi connectivity index (χ1n) is 4.97. The molecule has 0 aliphatic carbocycles. The lowest BCUT2D eigenvalue weighted by Gasteiger charge is -2.05. The number of halogens is 2. The second-order valence-corrected chi connectivity index (χ2v) is 3.98. The van der Waals surface area contributed by atoms with Crippen molar-refractivity contribution in [3.8, 4) is 17.3 Å². The average molecular weight is 291 g/mol. The van der Waals surface area contributed by atoms with E-state index >= 15 is 0 Å². The van der Waals surface area contributed by atoms with Gasteiger partial charge in [-0.1, -0.05) is 28.1 Å². The number of pyridine rings is 1. The van der Waals surface area contributed by atoms with Crippen LogP contribution in [0.5, 0.6) is 0 Å². The molecule has 0 saturated heterocycles. The van der Waals surface area contributed by atoms with Crippen molar-refractivity contribution in [1.29, 1.82) is 5.26 Å². The molecule has 0 bridgehead atoms. The minimum atomic E-state index is -0.315. The summed E-state index contributed by atoms with van der Waals surface area (Å²) in [7, 11) is 0. The van der Waals surface area contributed by atoms with Gasteiger partial charge in [0.25, 0.3) is 0 Å². The summed E-state index contributed by atoms with van der Waals surface area (Å²) in [6.07, 6.45) is 0. The summed E-state index contributed by atoms with van der Waals surface area (Å²) in [6, 6.07) is 11.8. The standard InChI is InChI=1S/C13H8BrFN2/c14-7-13-9(8-16)5-6-12(17-13)10-3-1-2-4-11(10)15/h1-6H,7H2. The molecule has 0 fully saturated rings. The summed E-state index contributed by atoms with van der Waals surface area (Å²) < 4.78 is 13.6. The molecule has 1 aromatic heterocycles. The number of rotatable bonds is 2. The van der Waals surface area contributed by atoms with Crippen molar-refractivity contribution in [3.63, 3.8) is 0 Å². The normalized spacial score (nSPS) is 9.94. The second kappa shape index (κ2) is 5.07. The first-order valence-corrected chi connectivity index (χ1v) is 6.09. The molecular formula is C13H8BrFN2. The predicted octanol–water partition coefficient (Wildman–Crippen LogP) is 3.65. The lowest BCUT2D eigenvalue weighted by Crippen LogP contribution is -1.95. The van der Waals surface area contributed by atoms with Crippen LogP contribution < -0.4 is 0 Å². The van der Waals surface area contributed by atoms with Crippen molar-refractivity contribution in [2.45, 2.75) is 5.33 Å². The van der Waals surface area contributed by atoms with Gasteiger partial charge in [-0.05, 0) is 24.3 Å². The van der Waals surface area contributed by atoms with Crippen molar-refractivity contribution in [2.24, 2.45) is 0 Å². The van der Waals surface area contributed by atoms with E-state index in [1.54, 1.807) is 30.3 Å². The topological polar surface area (TPSA) is 36.7 Å². The van der Waals surface area contributed by atoms with E-state index in [1.165, 1.54) is 6.07 Å². The molecule has 1 aromatic carbocycles. The molecule has 4 heteroatoms. The summed E-state index contributed by atoms with van der Waals surface area (Å²) in [5.74, 6) is -0.315. The molecule has 0 aliphatic heterocycles. The Balaban J connectivity index is 2.55. The number of benzene rings is 1. The van der Waals surface area contributed by atoms with Crippen LogP contribution >= 0.6 is 15.9 Å². The van der Waals surface area contributed by atoms with Gasteiger partial charge in [-0.3, -0.25) is 4.98 Å². The first kappa shape index (κ1) is 11.7. The fourth-order valence-corrected chi connectivity index (χ4v) is 1.95. The smallest absolute Gasteiger partial charge is 0.132 e. The Bertz CT molecular complexity index is 590. The average Bonchev–Trinajstić information content (AvgIpc) is 2.38. The Morgan fingerprint density at radius 1 is 1.24 bits per heavy atom. The van der Waals surface area contributed by atoms with Gasteiger partial charge in [0.05, 0.1) is 17.0 Å². The molecule has 0 unspecified atom stereocenters. The zero-order chi connectivity index (χ0) is 12.3. The molecule has 0 amide bonds. The highest BCUT2D eigenvalue weighted by Crippen LogP contribution is 2.22. The number of hydrogen-bond acceptors (Lipinski definition) is 2. The summed E-state index contributed by atoms with van der Waals surface area (Å²) in [5, 5.41) is 9.35. The highest BCUT2D eigenvalue weighted by Gasteiger charge is 2.08. The minimum absolute atomic E-state index is 0.315. The van der Waals surface area contributed by atoms with Gasteiger partial charge in [-0.25, -0.2) is 4.39 Å². The number of nitriles is 1. The van der Waals surface area contributed by atoms with Crippen molar-refractivity contribution in [1.82, 2.24) is 4.98 Å². The Hall–Kier alpha value is -1.73. The number of aromatic nitrogens is 1. The molecule has 0 radical (unpaired) electrons. The molecule has 84 valence electrons. The van der Waals surface area contributed by atoms with Crippen molar-refractivity contribution in [3.05, 3.63) is 53.5 Å². The molecule has 0 N–H and O–H groups in total. The second-order valence-electron chi connectivity index (χ2n) is 3.42. The van der Waals surface area contributed by atoms with Crippen LogP contribution in [0.3, 0.4) is 0 Å². The fourth-order valence-electron chi connectivity index (χ4n) is 1.52. The summed E-state index contributed by atoms with van der Waals surface area (Å²) in [4.78, 5) is 4.28. The summed E-state index contributed by atoms with van der Waals surface area (Å²) in [6.45, 7) is 0. The van der Waals surface area contributed by atoms with E-state index in [0.29, 0.717) is 27.8 Å². The third-order valence-electron chi connectivity index (χ3n) is 2.37. The van der Waals surface area contributed by atoms with Crippen LogP contribution in [-0.2, 0) is 5.33 Å². The summed E-state index contributed by atoms with van der Waals surface area (Å²) in [5.41, 5.74) is 2.10. The van der Waals surface area contributed by atoms with Crippen LogP contribution in [0.25, 0.3) is 11.3 Å². The van der Waals surface area contributed by atoms with Crippen molar-refractivity contribution in [2.75, 3.05) is 0 Å². The molecule has 2 rings (SSSR count). The van der Waals surface area contributed by atoms with Crippen molar-refractivity contribution >= 4 is 15.9 Å². The lowest BCUT2D eigenvalue weighted by atomic mass is 10.1. The van der Waals surface area contributed by atoms with Crippen LogP contribution in [0.4, 0.5) is 4.39 Å². The van der Waals surface area contributed by atoms with E-state index in [-0.39, 0.29) is 5.82 Å². The fraction of sp³-hybridized carbons (Fsp3) is 0.0769. The van der Waals surface area contributed by atoms with E-state index < -0.39 is 0 Å². The Morgan fingerprint density at radius 3 is 2.65 bits per heavy atom. The van der Waals surface area contributed by atoms with Gasteiger partial charge < -0.3 is 0 Å². The zero-order valence-electron chi connectivity index (χ0n) is 8.82. The summed E-state index contributed by atoms with van der Waals surface area (Å²) >= 11 is 3.27. The van der Waals surface area contributed by atoms with Gasteiger partial charge in [-0.2, -0.15) is 5.26 Å². The number of alkyl halides is 1. The maximum Gasteiger partial charge on any atom is 0.132 e. The number of hydrogen-bond donors (Lipinski definition) is 0.